The standard InChI is InChI=1S/C16H27NO3/c1-14(2)12-19-13-15(18)11-17-9-6-10-20-16-7-4-3-5-8-16/h3-5,7-8,14-15,17-18H,6,9-13H2,1-2H3. The molecule has 0 aliphatic carbocycles. The topological polar surface area (TPSA) is 50.7 Å². The lowest BCUT2D eigenvalue weighted by Crippen LogP contribution is -2.31. The summed E-state index contributed by atoms with van der Waals surface area (Å²) in [5.41, 5.74) is 0. The average molecular weight is 281 g/mol. The van der Waals surface area contributed by atoms with Crippen LogP contribution in [0.1, 0.15) is 20.3 Å². The molecule has 0 saturated heterocycles. The maximum Gasteiger partial charge on any atom is 0.119 e. The van der Waals surface area contributed by atoms with E-state index < -0.39 is 6.10 Å². The molecule has 0 bridgehead atoms. The summed E-state index contributed by atoms with van der Waals surface area (Å²) in [4.78, 5) is 0. The van der Waals surface area contributed by atoms with Crippen LogP contribution in [0.3, 0.4) is 0 Å². The van der Waals surface area contributed by atoms with Gasteiger partial charge >= 0.3 is 0 Å². The van der Waals surface area contributed by atoms with Gasteiger partial charge in [0.25, 0.3) is 0 Å². The summed E-state index contributed by atoms with van der Waals surface area (Å²) in [5.74, 6) is 1.40. The number of ether oxygens (including phenoxy) is 2. The number of hydrogen-bond donors (Lipinski definition) is 2. The SMILES string of the molecule is CC(C)COCC(O)CNCCCOc1ccccc1. The highest BCUT2D eigenvalue weighted by Crippen LogP contribution is 2.07. The number of nitrogens with one attached hydrogen (secondary N) is 1. The number of benzene rings is 1. The van der Waals surface area contributed by atoms with Crippen LogP contribution < -0.4 is 10.1 Å². The molecule has 4 nitrogen and oxygen atoms in total. The number of aliphatic hydroxyl groups excluding tert-OH is 1. The molecule has 114 valence electrons. The highest BCUT2D eigenvalue weighted by atomic mass is 16.5. The molecule has 0 radical (unpaired) electrons. The van der Waals surface area contributed by atoms with Gasteiger partial charge in [0.15, 0.2) is 0 Å². The Kier molecular flexibility index (Phi) is 9.04. The largest absolute Gasteiger partial charge is 0.494 e. The van der Waals surface area contributed by atoms with Crippen LogP contribution in [0.4, 0.5) is 0 Å². The van der Waals surface area contributed by atoms with Gasteiger partial charge in [0.05, 0.1) is 19.3 Å². The fourth-order valence-corrected chi connectivity index (χ4v) is 1.67. The Hall–Kier alpha value is -1.10. The highest BCUT2D eigenvalue weighted by Gasteiger charge is 2.04. The summed E-state index contributed by atoms with van der Waals surface area (Å²) in [6, 6.07) is 9.78. The molecular formula is C16H27NO3. The molecule has 0 aromatic heterocycles. The second kappa shape index (κ2) is 10.7. The van der Waals surface area contributed by atoms with Gasteiger partial charge in [0.2, 0.25) is 0 Å². The first kappa shape index (κ1) is 17.0. The Morgan fingerprint density at radius 3 is 2.60 bits per heavy atom. The van der Waals surface area contributed by atoms with E-state index in [4.69, 9.17) is 9.47 Å². The van der Waals surface area contributed by atoms with E-state index in [1.54, 1.807) is 0 Å². The fraction of sp³-hybridized carbons (Fsp3) is 0.625. The van der Waals surface area contributed by atoms with Crippen LogP contribution in [0.2, 0.25) is 0 Å². The van der Waals surface area contributed by atoms with Crippen LogP contribution in [0.5, 0.6) is 5.75 Å². The van der Waals surface area contributed by atoms with Gasteiger partial charge in [0, 0.05) is 13.2 Å². The molecule has 1 atom stereocenters. The molecule has 0 amide bonds. The zero-order chi connectivity index (χ0) is 14.6. The number of rotatable bonds is 11. The van der Waals surface area contributed by atoms with E-state index in [1.165, 1.54) is 0 Å². The van der Waals surface area contributed by atoms with Crippen LogP contribution in [-0.2, 0) is 4.74 Å². The van der Waals surface area contributed by atoms with Crippen molar-refractivity contribution in [3.8, 4) is 5.75 Å². The lowest BCUT2D eigenvalue weighted by atomic mass is 10.2. The predicted octanol–water partition coefficient (Wildman–Crippen LogP) is 2.08. The molecule has 0 heterocycles. The molecular weight excluding hydrogens is 254 g/mol. The van der Waals surface area contributed by atoms with Gasteiger partial charge in [-0.25, -0.2) is 0 Å². The Morgan fingerprint density at radius 2 is 1.90 bits per heavy atom. The Labute approximate surface area is 122 Å². The lowest BCUT2D eigenvalue weighted by molar-refractivity contribution is 0.0261. The molecule has 1 aromatic rings. The smallest absolute Gasteiger partial charge is 0.119 e. The minimum Gasteiger partial charge on any atom is -0.494 e. The third-order valence-corrected chi connectivity index (χ3v) is 2.65. The van der Waals surface area contributed by atoms with Crippen molar-refractivity contribution >= 4 is 0 Å². The zero-order valence-electron chi connectivity index (χ0n) is 12.5. The van der Waals surface area contributed by atoms with E-state index >= 15 is 0 Å². The monoisotopic (exact) mass is 281 g/mol. The quantitative estimate of drug-likeness (QED) is 0.610. The first-order valence-electron chi connectivity index (χ1n) is 7.33. The van der Waals surface area contributed by atoms with Crippen molar-refractivity contribution in [2.75, 3.05) is 32.9 Å². The van der Waals surface area contributed by atoms with Gasteiger partial charge in [0.1, 0.15) is 5.75 Å². The van der Waals surface area contributed by atoms with Crippen molar-refractivity contribution in [3.05, 3.63) is 30.3 Å². The van der Waals surface area contributed by atoms with Gasteiger partial charge in [-0.3, -0.25) is 0 Å². The molecule has 2 N–H and O–H groups in total. The highest BCUT2D eigenvalue weighted by molar-refractivity contribution is 5.20. The Morgan fingerprint density at radius 1 is 1.15 bits per heavy atom. The van der Waals surface area contributed by atoms with E-state index in [-0.39, 0.29) is 0 Å². The summed E-state index contributed by atoms with van der Waals surface area (Å²) >= 11 is 0. The van der Waals surface area contributed by atoms with Crippen LogP contribution in [0, 0.1) is 5.92 Å². The summed E-state index contributed by atoms with van der Waals surface area (Å²) in [6.07, 6.45) is 0.470. The molecule has 0 aliphatic rings. The summed E-state index contributed by atoms with van der Waals surface area (Å²) in [7, 11) is 0. The van der Waals surface area contributed by atoms with Crippen molar-refractivity contribution in [2.24, 2.45) is 5.92 Å². The lowest BCUT2D eigenvalue weighted by Gasteiger charge is -2.13. The summed E-state index contributed by atoms with van der Waals surface area (Å²) in [5, 5.41) is 12.9. The first-order chi connectivity index (χ1) is 9.68. The molecule has 1 unspecified atom stereocenters. The van der Waals surface area contributed by atoms with Gasteiger partial charge in [-0.05, 0) is 31.0 Å². The van der Waals surface area contributed by atoms with Crippen molar-refractivity contribution in [3.63, 3.8) is 0 Å². The number of aliphatic hydroxyl groups is 1. The van der Waals surface area contributed by atoms with Crippen molar-refractivity contribution in [1.29, 1.82) is 0 Å². The third-order valence-electron chi connectivity index (χ3n) is 2.65. The van der Waals surface area contributed by atoms with E-state index in [0.717, 1.165) is 18.7 Å². The first-order valence-corrected chi connectivity index (χ1v) is 7.33. The minimum absolute atomic E-state index is 0.395. The second-order valence-corrected chi connectivity index (χ2v) is 5.30. The molecule has 4 heteroatoms. The van der Waals surface area contributed by atoms with E-state index in [9.17, 15) is 5.11 Å². The second-order valence-electron chi connectivity index (χ2n) is 5.30. The van der Waals surface area contributed by atoms with Crippen LogP contribution in [0.15, 0.2) is 30.3 Å². The molecule has 20 heavy (non-hydrogen) atoms. The maximum absolute atomic E-state index is 9.68. The fourth-order valence-electron chi connectivity index (χ4n) is 1.67. The van der Waals surface area contributed by atoms with Crippen LogP contribution >= 0.6 is 0 Å². The molecule has 1 rings (SSSR count). The predicted molar refractivity (Wildman–Crippen MR) is 81.1 cm³/mol. The van der Waals surface area contributed by atoms with E-state index in [0.29, 0.717) is 32.3 Å². The zero-order valence-corrected chi connectivity index (χ0v) is 12.5. The third kappa shape index (κ3) is 8.91. The normalized spacial score (nSPS) is 12.6. The van der Waals surface area contributed by atoms with E-state index in [2.05, 4.69) is 19.2 Å². The molecule has 0 saturated carbocycles. The summed E-state index contributed by atoms with van der Waals surface area (Å²) < 4.78 is 11.0. The van der Waals surface area contributed by atoms with Gasteiger partial charge in [-0.2, -0.15) is 0 Å². The van der Waals surface area contributed by atoms with E-state index in [1.807, 2.05) is 30.3 Å². The maximum atomic E-state index is 9.68. The van der Waals surface area contributed by atoms with Crippen molar-refractivity contribution in [2.45, 2.75) is 26.4 Å². The molecule has 1 aromatic carbocycles. The average Bonchev–Trinajstić information content (AvgIpc) is 2.43. The number of para-hydroxylation sites is 1. The van der Waals surface area contributed by atoms with Crippen molar-refractivity contribution < 1.29 is 14.6 Å². The molecule has 0 aliphatic heterocycles. The molecule has 0 fully saturated rings. The minimum atomic E-state index is -0.441. The molecule has 0 spiro atoms. The number of hydrogen-bond acceptors (Lipinski definition) is 4. The van der Waals surface area contributed by atoms with Gasteiger partial charge < -0.3 is 19.9 Å². The Bertz CT molecular complexity index is 330. The summed E-state index contributed by atoms with van der Waals surface area (Å²) in [6.45, 7) is 7.34. The van der Waals surface area contributed by atoms with Gasteiger partial charge in [-0.15, -0.1) is 0 Å². The van der Waals surface area contributed by atoms with Crippen LogP contribution in [0.25, 0.3) is 0 Å². The van der Waals surface area contributed by atoms with Crippen molar-refractivity contribution in [1.82, 2.24) is 5.32 Å². The van der Waals surface area contributed by atoms with Gasteiger partial charge in [-0.1, -0.05) is 32.0 Å². The van der Waals surface area contributed by atoms with Crippen LogP contribution in [-0.4, -0.2) is 44.1 Å². The Balaban J connectivity index is 1.91.